The van der Waals surface area contributed by atoms with Crippen molar-refractivity contribution in [1.82, 2.24) is 4.57 Å². The quantitative estimate of drug-likeness (QED) is 0.245. The van der Waals surface area contributed by atoms with E-state index in [-0.39, 0.29) is 11.1 Å². The second kappa shape index (κ2) is 13.2. The lowest BCUT2D eigenvalue weighted by Crippen LogP contribution is -2.39. The van der Waals surface area contributed by atoms with Gasteiger partial charge in [-0.25, -0.2) is 14.6 Å². The second-order valence-electron chi connectivity index (χ2n) is 8.24. The van der Waals surface area contributed by atoms with Crippen LogP contribution in [-0.4, -0.2) is 48.5 Å². The average molecular weight is 790 g/mol. The van der Waals surface area contributed by atoms with Crippen LogP contribution in [0.3, 0.4) is 0 Å². The van der Waals surface area contributed by atoms with Gasteiger partial charge in [-0.1, -0.05) is 17.4 Å². The van der Waals surface area contributed by atoms with Gasteiger partial charge in [0.05, 0.1) is 43.6 Å². The highest BCUT2D eigenvalue weighted by Crippen LogP contribution is 2.35. The highest BCUT2D eigenvalue weighted by atomic mass is 127. The van der Waals surface area contributed by atoms with Crippen molar-refractivity contribution >= 4 is 74.5 Å². The van der Waals surface area contributed by atoms with Crippen molar-refractivity contribution in [3.05, 3.63) is 80.1 Å². The summed E-state index contributed by atoms with van der Waals surface area (Å²) in [7, 11) is 1.28. The van der Waals surface area contributed by atoms with Gasteiger partial charge in [0.25, 0.3) is 5.56 Å². The lowest BCUT2D eigenvalue weighted by Gasteiger charge is -2.23. The third-order valence-corrected chi connectivity index (χ3v) is 8.27. The molecule has 0 aliphatic carbocycles. The Morgan fingerprint density at radius 3 is 2.38 bits per heavy atom. The predicted molar refractivity (Wildman–Crippen MR) is 165 cm³/mol. The van der Waals surface area contributed by atoms with E-state index in [1.54, 1.807) is 36.4 Å². The van der Waals surface area contributed by atoms with E-state index >= 15 is 0 Å². The normalized spacial score (nSPS) is 14.6. The Hall–Kier alpha value is -2.92. The van der Waals surface area contributed by atoms with E-state index < -0.39 is 24.6 Å². The molecule has 1 N–H and O–H groups in total. The molecule has 0 amide bonds. The molecule has 1 aliphatic rings. The minimum atomic E-state index is -1.07. The molecule has 210 valence electrons. The number of esters is 1. The van der Waals surface area contributed by atoms with E-state index in [2.05, 4.69) is 50.2 Å². The summed E-state index contributed by atoms with van der Waals surface area (Å²) >= 11 is 5.33. The van der Waals surface area contributed by atoms with Crippen LogP contribution in [0.4, 0.5) is 0 Å². The van der Waals surface area contributed by atoms with Gasteiger partial charge in [0, 0.05) is 6.20 Å². The maximum Gasteiger partial charge on any atom is 0.341 e. The van der Waals surface area contributed by atoms with Crippen molar-refractivity contribution in [1.29, 1.82) is 0 Å². The lowest BCUT2D eigenvalue weighted by molar-refractivity contribution is -0.139. The van der Waals surface area contributed by atoms with Crippen LogP contribution in [0.2, 0.25) is 0 Å². The van der Waals surface area contributed by atoms with E-state index in [0.29, 0.717) is 52.5 Å². The van der Waals surface area contributed by atoms with Crippen molar-refractivity contribution in [2.24, 2.45) is 4.99 Å². The van der Waals surface area contributed by atoms with E-state index in [1.807, 2.05) is 13.8 Å². The Kier molecular flexibility index (Phi) is 9.89. The summed E-state index contributed by atoms with van der Waals surface area (Å²) in [6.45, 7) is 4.14. The molecule has 0 bridgehead atoms. The number of carbonyl (C=O) groups excluding carboxylic acids is 1. The molecule has 0 fully saturated rings. The van der Waals surface area contributed by atoms with Crippen LogP contribution < -0.4 is 29.1 Å². The summed E-state index contributed by atoms with van der Waals surface area (Å²) in [5.41, 5.74) is 1.24. The van der Waals surface area contributed by atoms with Gasteiger partial charge < -0.3 is 24.1 Å². The number of thiazole rings is 1. The number of hydrogen-bond acceptors (Lipinski definition) is 9. The zero-order valence-electron chi connectivity index (χ0n) is 21.6. The van der Waals surface area contributed by atoms with E-state index in [4.69, 9.17) is 24.1 Å². The number of rotatable bonds is 10. The first-order valence-electron chi connectivity index (χ1n) is 12.0. The topological polar surface area (TPSA) is 126 Å². The molecule has 2 aromatic carbocycles. The van der Waals surface area contributed by atoms with Crippen LogP contribution in [0.15, 0.2) is 51.9 Å². The number of benzene rings is 2. The third kappa shape index (κ3) is 6.35. The first-order valence-corrected chi connectivity index (χ1v) is 15.0. The third-order valence-electron chi connectivity index (χ3n) is 5.67. The molecule has 3 aromatic rings. The standard InChI is InChI=1S/C27H24I2N2O8S/c1-4-37-19-7-6-15(11-20(19)38-5-2)23-16(26(35)36-3)12-30-27-31(23)25(34)21(40-27)10-14-8-17(28)24(18(29)9-14)39-13-22(32)33/h6-12,23H,4-5,13H2,1-3H3,(H,32,33)/b21-10-/t23-/m0/s1. The maximum atomic E-state index is 13.8. The molecule has 1 aromatic heterocycles. The number of carboxylic acids is 1. The monoisotopic (exact) mass is 790 g/mol. The molecular formula is C27H24I2N2O8S. The van der Waals surface area contributed by atoms with Crippen LogP contribution >= 0.6 is 56.5 Å². The van der Waals surface area contributed by atoms with Gasteiger partial charge in [-0.15, -0.1) is 0 Å². The van der Waals surface area contributed by atoms with Crippen LogP contribution in [-0.2, 0) is 14.3 Å². The Morgan fingerprint density at radius 1 is 1.07 bits per heavy atom. The van der Waals surface area contributed by atoms with E-state index in [9.17, 15) is 14.4 Å². The van der Waals surface area contributed by atoms with Crippen molar-refractivity contribution in [2.75, 3.05) is 26.9 Å². The first kappa shape index (κ1) is 30.0. The van der Waals surface area contributed by atoms with Crippen molar-refractivity contribution in [3.63, 3.8) is 0 Å². The summed E-state index contributed by atoms with van der Waals surface area (Å²) in [6, 6.07) is 8.11. The Morgan fingerprint density at radius 2 is 1.75 bits per heavy atom. The summed E-state index contributed by atoms with van der Waals surface area (Å²) in [4.78, 5) is 42.3. The van der Waals surface area contributed by atoms with Crippen LogP contribution in [0, 0.1) is 7.14 Å². The first-order chi connectivity index (χ1) is 19.2. The molecule has 13 heteroatoms. The minimum Gasteiger partial charge on any atom is -0.490 e. The number of hydrogen-bond donors (Lipinski definition) is 1. The van der Waals surface area contributed by atoms with Gasteiger partial charge in [-0.3, -0.25) is 9.36 Å². The van der Waals surface area contributed by atoms with Crippen molar-refractivity contribution < 1.29 is 33.6 Å². The fourth-order valence-corrected chi connectivity index (χ4v) is 7.17. The van der Waals surface area contributed by atoms with E-state index in [1.165, 1.54) is 29.2 Å². The minimum absolute atomic E-state index is 0.206. The molecule has 1 atom stereocenters. The average Bonchev–Trinajstić information content (AvgIpc) is 3.23. The highest BCUT2D eigenvalue weighted by Gasteiger charge is 2.31. The molecule has 2 heterocycles. The number of fused-ring (bicyclic) bond motifs is 1. The summed E-state index contributed by atoms with van der Waals surface area (Å²) in [5, 5.41) is 8.94. The molecule has 4 rings (SSSR count). The van der Waals surface area contributed by atoms with Crippen molar-refractivity contribution in [2.45, 2.75) is 19.9 Å². The SMILES string of the molecule is CCOc1ccc([C@H]2C(C(=O)OC)=CN=c3s/c(=C\c4cc(I)c(OCC(=O)O)c(I)c4)c(=O)n32)cc1OCC. The van der Waals surface area contributed by atoms with Gasteiger partial charge in [-0.2, -0.15) is 0 Å². The highest BCUT2D eigenvalue weighted by molar-refractivity contribution is 14.1. The molecule has 40 heavy (non-hydrogen) atoms. The number of ether oxygens (including phenoxy) is 4. The number of carbonyl (C=O) groups is 2. The largest absolute Gasteiger partial charge is 0.490 e. The number of halogens is 2. The number of nitrogens with zero attached hydrogens (tertiary/aromatic N) is 2. The zero-order chi connectivity index (χ0) is 29.0. The predicted octanol–water partition coefficient (Wildman–Crippen LogP) is 3.49. The molecule has 0 radical (unpaired) electrons. The zero-order valence-corrected chi connectivity index (χ0v) is 26.7. The van der Waals surface area contributed by atoms with Crippen LogP contribution in [0.1, 0.15) is 31.0 Å². The summed E-state index contributed by atoms with van der Waals surface area (Å²) < 4.78 is 25.2. The van der Waals surface area contributed by atoms with Crippen LogP contribution in [0.5, 0.6) is 17.2 Å². The van der Waals surface area contributed by atoms with Gasteiger partial charge in [0.2, 0.25) is 0 Å². The molecule has 0 saturated carbocycles. The lowest BCUT2D eigenvalue weighted by atomic mass is 9.97. The van der Waals surface area contributed by atoms with Gasteiger partial charge in [0.1, 0.15) is 5.75 Å². The Balaban J connectivity index is 1.84. The fourth-order valence-electron chi connectivity index (χ4n) is 4.07. The van der Waals surface area contributed by atoms with Gasteiger partial charge in [0.15, 0.2) is 22.9 Å². The molecule has 0 spiro atoms. The summed E-state index contributed by atoms with van der Waals surface area (Å²) in [6.07, 6.45) is 3.17. The molecule has 0 saturated heterocycles. The summed E-state index contributed by atoms with van der Waals surface area (Å²) in [5.74, 6) is -0.149. The fraction of sp³-hybridized carbons (Fsp3) is 0.259. The Labute approximate surface area is 260 Å². The maximum absolute atomic E-state index is 13.8. The molecule has 0 unspecified atom stereocenters. The Bertz CT molecular complexity index is 1660. The van der Waals surface area contributed by atoms with Gasteiger partial charge in [-0.05, 0) is 100 Å². The molecule has 1 aliphatic heterocycles. The number of carboxylic acid groups (broad SMARTS) is 1. The van der Waals surface area contributed by atoms with Crippen molar-refractivity contribution in [3.8, 4) is 17.2 Å². The smallest absolute Gasteiger partial charge is 0.341 e. The molecular weight excluding hydrogens is 766 g/mol. The number of methoxy groups -OCH3 is 1. The molecule has 10 nitrogen and oxygen atoms in total. The van der Waals surface area contributed by atoms with Crippen LogP contribution in [0.25, 0.3) is 6.08 Å². The number of aromatic nitrogens is 1. The second-order valence-corrected chi connectivity index (χ2v) is 11.6. The van der Waals surface area contributed by atoms with E-state index in [0.717, 1.165) is 5.56 Å². The van der Waals surface area contributed by atoms with Gasteiger partial charge >= 0.3 is 11.9 Å². The number of aliphatic carboxylic acids is 1.